The van der Waals surface area contributed by atoms with Gasteiger partial charge in [0.15, 0.2) is 30.0 Å². The monoisotopic (exact) mass is 469 g/mol. The Bertz CT molecular complexity index is 1090. The van der Waals surface area contributed by atoms with Crippen LogP contribution in [0.2, 0.25) is 0 Å². The smallest absolute Gasteiger partial charge is 0.273 e. The average molecular weight is 469 g/mol. The normalized spacial score (nSPS) is 17.5. The molecule has 1 aliphatic rings. The molecule has 2 aromatic rings. The SMILES string of the molecule is C[C@@H]1CN(c2c(F)cc([N+](=O)[O-])cc2C=O)C[C@H](C)O1.O=Cc1cc([N+](=O)[O-])cc(F)c1F. The first kappa shape index (κ1) is 25.4. The third-order valence-electron chi connectivity index (χ3n) is 4.53. The van der Waals surface area contributed by atoms with Crippen LogP contribution in [0.25, 0.3) is 0 Å². The maximum Gasteiger partial charge on any atom is 0.273 e. The molecule has 0 aliphatic carbocycles. The molecule has 0 bridgehead atoms. The maximum absolute atomic E-state index is 14.2. The zero-order valence-electron chi connectivity index (χ0n) is 17.4. The quantitative estimate of drug-likeness (QED) is 0.366. The van der Waals surface area contributed by atoms with Gasteiger partial charge in [-0.25, -0.2) is 13.2 Å². The van der Waals surface area contributed by atoms with E-state index in [4.69, 9.17) is 4.74 Å². The van der Waals surface area contributed by atoms with Crippen molar-refractivity contribution in [3.63, 3.8) is 0 Å². The highest BCUT2D eigenvalue weighted by Crippen LogP contribution is 2.30. The first-order valence-corrected chi connectivity index (χ1v) is 9.40. The van der Waals surface area contributed by atoms with Crippen LogP contribution < -0.4 is 4.90 Å². The number of halogens is 3. The number of rotatable bonds is 5. The van der Waals surface area contributed by atoms with Crippen molar-refractivity contribution in [2.24, 2.45) is 0 Å². The van der Waals surface area contributed by atoms with Gasteiger partial charge in [0, 0.05) is 30.8 Å². The molecule has 33 heavy (non-hydrogen) atoms. The molecule has 1 aliphatic heterocycles. The topological polar surface area (TPSA) is 133 Å². The van der Waals surface area contributed by atoms with Crippen molar-refractivity contribution in [3.8, 4) is 0 Å². The predicted molar refractivity (Wildman–Crippen MR) is 109 cm³/mol. The molecule has 176 valence electrons. The molecule has 1 fully saturated rings. The number of non-ortho nitro benzene ring substituents is 2. The number of benzene rings is 2. The molecule has 0 aromatic heterocycles. The van der Waals surface area contributed by atoms with E-state index in [0.717, 1.165) is 12.1 Å². The molecule has 0 amide bonds. The fourth-order valence-corrected chi connectivity index (χ4v) is 3.28. The number of nitro benzene ring substituents is 2. The van der Waals surface area contributed by atoms with E-state index in [9.17, 15) is 43.0 Å². The summed E-state index contributed by atoms with van der Waals surface area (Å²) in [6, 6.07) is 3.02. The van der Waals surface area contributed by atoms with Gasteiger partial charge < -0.3 is 9.64 Å². The van der Waals surface area contributed by atoms with Gasteiger partial charge in [0.25, 0.3) is 11.4 Å². The average Bonchev–Trinajstić information content (AvgIpc) is 2.74. The zero-order chi connectivity index (χ0) is 24.9. The lowest BCUT2D eigenvalue weighted by Gasteiger charge is -2.37. The summed E-state index contributed by atoms with van der Waals surface area (Å²) in [7, 11) is 0. The Morgan fingerprint density at radius 2 is 1.33 bits per heavy atom. The maximum atomic E-state index is 14.2. The highest BCUT2D eigenvalue weighted by molar-refractivity contribution is 5.86. The number of carbonyl (C=O) groups is 2. The van der Waals surface area contributed by atoms with Crippen LogP contribution in [0.15, 0.2) is 24.3 Å². The minimum atomic E-state index is -1.41. The minimum Gasteiger partial charge on any atom is -0.372 e. The van der Waals surface area contributed by atoms with Gasteiger partial charge in [-0.1, -0.05) is 0 Å². The summed E-state index contributed by atoms with van der Waals surface area (Å²) in [4.78, 5) is 42.1. The first-order chi connectivity index (χ1) is 15.5. The number of aldehydes is 2. The van der Waals surface area contributed by atoms with E-state index in [0.29, 0.717) is 31.5 Å². The molecule has 1 heterocycles. The molecule has 0 saturated carbocycles. The Morgan fingerprint density at radius 3 is 1.79 bits per heavy atom. The summed E-state index contributed by atoms with van der Waals surface area (Å²) in [5.41, 5.74) is -1.65. The van der Waals surface area contributed by atoms with Crippen LogP contribution in [-0.2, 0) is 4.74 Å². The van der Waals surface area contributed by atoms with Crippen LogP contribution in [0, 0.1) is 37.7 Å². The highest BCUT2D eigenvalue weighted by Gasteiger charge is 2.28. The number of morpholine rings is 1. The molecule has 10 nitrogen and oxygen atoms in total. The summed E-state index contributed by atoms with van der Waals surface area (Å²) in [6.07, 6.45) is 0.252. The van der Waals surface area contributed by atoms with Gasteiger partial charge in [0.05, 0.1) is 45.4 Å². The largest absolute Gasteiger partial charge is 0.372 e. The van der Waals surface area contributed by atoms with Gasteiger partial charge in [-0.15, -0.1) is 0 Å². The van der Waals surface area contributed by atoms with Crippen LogP contribution in [0.5, 0.6) is 0 Å². The Kier molecular flexibility index (Phi) is 8.18. The number of ether oxygens (including phenoxy) is 1. The predicted octanol–water partition coefficient (Wildman–Crippen LogP) is 3.85. The summed E-state index contributed by atoms with van der Waals surface area (Å²) in [5, 5.41) is 20.8. The Hall–Kier alpha value is -3.87. The van der Waals surface area contributed by atoms with Crippen molar-refractivity contribution in [1.82, 2.24) is 0 Å². The number of nitrogens with zero attached hydrogens (tertiary/aromatic N) is 3. The second-order valence-corrected chi connectivity index (χ2v) is 7.11. The molecule has 0 unspecified atom stereocenters. The lowest BCUT2D eigenvalue weighted by Crippen LogP contribution is -2.46. The minimum absolute atomic E-state index is 0.0157. The second kappa shape index (κ2) is 10.6. The van der Waals surface area contributed by atoms with Crippen molar-refractivity contribution in [2.45, 2.75) is 26.1 Å². The van der Waals surface area contributed by atoms with Crippen molar-refractivity contribution >= 4 is 29.6 Å². The van der Waals surface area contributed by atoms with Gasteiger partial charge in [-0.05, 0) is 13.8 Å². The Balaban J connectivity index is 0.000000257. The molecular formula is C20H18F3N3O7. The van der Waals surface area contributed by atoms with E-state index in [2.05, 4.69) is 0 Å². The zero-order valence-corrected chi connectivity index (χ0v) is 17.4. The van der Waals surface area contributed by atoms with Crippen molar-refractivity contribution in [3.05, 3.63) is 73.1 Å². The van der Waals surface area contributed by atoms with Crippen molar-refractivity contribution < 1.29 is 37.3 Å². The van der Waals surface area contributed by atoms with E-state index in [1.807, 2.05) is 13.8 Å². The number of hydrogen-bond donors (Lipinski definition) is 0. The molecule has 0 radical (unpaired) electrons. The van der Waals surface area contributed by atoms with Crippen LogP contribution in [0.3, 0.4) is 0 Å². The highest BCUT2D eigenvalue weighted by atomic mass is 19.2. The first-order valence-electron chi connectivity index (χ1n) is 9.40. The van der Waals surface area contributed by atoms with E-state index in [1.165, 1.54) is 0 Å². The molecule has 2 atom stereocenters. The van der Waals surface area contributed by atoms with Gasteiger partial charge >= 0.3 is 0 Å². The third kappa shape index (κ3) is 6.10. The Labute approximate surface area is 184 Å². The molecule has 0 spiro atoms. The van der Waals surface area contributed by atoms with Gasteiger partial charge in [0.2, 0.25) is 0 Å². The summed E-state index contributed by atoms with van der Waals surface area (Å²) in [5.74, 6) is -3.54. The van der Waals surface area contributed by atoms with Crippen LogP contribution in [0.1, 0.15) is 34.6 Å². The van der Waals surface area contributed by atoms with Gasteiger partial charge in [0.1, 0.15) is 0 Å². The van der Waals surface area contributed by atoms with Crippen molar-refractivity contribution in [2.75, 3.05) is 18.0 Å². The number of carbonyl (C=O) groups excluding carboxylic acids is 2. The molecular weight excluding hydrogens is 451 g/mol. The number of nitro groups is 2. The summed E-state index contributed by atoms with van der Waals surface area (Å²) in [6.45, 7) is 4.57. The lowest BCUT2D eigenvalue weighted by molar-refractivity contribution is -0.385. The molecule has 1 saturated heterocycles. The van der Waals surface area contributed by atoms with Gasteiger partial charge in [-0.3, -0.25) is 29.8 Å². The molecule has 2 aromatic carbocycles. The van der Waals surface area contributed by atoms with Gasteiger partial charge in [-0.2, -0.15) is 0 Å². The third-order valence-corrected chi connectivity index (χ3v) is 4.53. The number of hydrogen-bond acceptors (Lipinski definition) is 8. The lowest BCUT2D eigenvalue weighted by atomic mass is 10.1. The fraction of sp³-hybridized carbons (Fsp3) is 0.300. The second-order valence-electron chi connectivity index (χ2n) is 7.11. The van der Waals surface area contributed by atoms with E-state index >= 15 is 0 Å². The molecule has 3 rings (SSSR count). The standard InChI is InChI=1S/C13H15FN2O4.C7H3F2NO3/c1-8-5-15(6-9(2)20-8)13-10(7-17)3-11(16(18)19)4-12(13)14;8-6-2-5(10(12)13)1-4(3-11)7(6)9/h3-4,7-9H,5-6H2,1-2H3;1-3H/t8-,9+;. The molecule has 0 N–H and O–H groups in total. The number of anilines is 1. The summed E-state index contributed by atoms with van der Waals surface area (Å²) >= 11 is 0. The van der Waals surface area contributed by atoms with Crippen LogP contribution in [0.4, 0.5) is 30.2 Å². The van der Waals surface area contributed by atoms with E-state index in [1.54, 1.807) is 4.90 Å². The summed E-state index contributed by atoms with van der Waals surface area (Å²) < 4.78 is 44.9. The van der Waals surface area contributed by atoms with Crippen molar-refractivity contribution in [1.29, 1.82) is 0 Å². The van der Waals surface area contributed by atoms with Crippen LogP contribution in [-0.4, -0.2) is 47.7 Å². The molecule has 13 heteroatoms. The Morgan fingerprint density at radius 1 is 0.879 bits per heavy atom. The van der Waals surface area contributed by atoms with E-state index in [-0.39, 0.29) is 29.7 Å². The fourth-order valence-electron chi connectivity index (χ4n) is 3.28. The van der Waals surface area contributed by atoms with Crippen LogP contribution >= 0.6 is 0 Å². The van der Waals surface area contributed by atoms with E-state index < -0.39 is 44.2 Å².